The Bertz CT molecular complexity index is 435. The van der Waals surface area contributed by atoms with Crippen LogP contribution in [0.3, 0.4) is 0 Å². The van der Waals surface area contributed by atoms with E-state index in [0.29, 0.717) is 11.8 Å². The summed E-state index contributed by atoms with van der Waals surface area (Å²) < 4.78 is 0. The zero-order valence-corrected chi connectivity index (χ0v) is 11.8. The lowest BCUT2D eigenvalue weighted by Crippen LogP contribution is -2.58. The van der Waals surface area contributed by atoms with E-state index in [2.05, 4.69) is 22.8 Å². The number of hydrogen-bond acceptors (Lipinski definition) is 3. The molecule has 1 N–H and O–H groups in total. The Hall–Kier alpha value is -1.06. The first kappa shape index (κ1) is 12.9. The SMILES string of the molecule is CC1CN2CCCCC2CN1Cc1cccc(O)c1. The standard InChI is InChI=1S/C16H24N2O/c1-13-10-17-8-3-2-6-15(17)12-18(13)11-14-5-4-7-16(19)9-14/h4-5,7,9,13,15,19H,2-3,6,8,10-12H2,1H3. The third kappa shape index (κ3) is 2.93. The molecule has 0 radical (unpaired) electrons. The Balaban J connectivity index is 1.67. The highest BCUT2D eigenvalue weighted by Gasteiger charge is 2.32. The Morgan fingerprint density at radius 1 is 1.26 bits per heavy atom. The lowest BCUT2D eigenvalue weighted by atomic mass is 9.97. The lowest BCUT2D eigenvalue weighted by Gasteiger charge is -2.47. The third-order valence-electron chi connectivity index (χ3n) is 4.61. The van der Waals surface area contributed by atoms with Gasteiger partial charge in [-0.15, -0.1) is 0 Å². The number of aromatic hydroxyl groups is 1. The van der Waals surface area contributed by atoms with E-state index in [1.165, 1.54) is 44.5 Å². The lowest BCUT2D eigenvalue weighted by molar-refractivity contribution is 0.0110. The molecule has 0 aromatic heterocycles. The van der Waals surface area contributed by atoms with Crippen LogP contribution in [0.25, 0.3) is 0 Å². The second-order valence-electron chi connectivity index (χ2n) is 6.09. The molecule has 0 saturated carbocycles. The smallest absolute Gasteiger partial charge is 0.115 e. The quantitative estimate of drug-likeness (QED) is 0.885. The van der Waals surface area contributed by atoms with Crippen LogP contribution in [0.4, 0.5) is 0 Å². The van der Waals surface area contributed by atoms with Gasteiger partial charge in [0.2, 0.25) is 0 Å². The van der Waals surface area contributed by atoms with Crippen LogP contribution in [-0.4, -0.2) is 46.6 Å². The summed E-state index contributed by atoms with van der Waals surface area (Å²) >= 11 is 0. The van der Waals surface area contributed by atoms with E-state index in [-0.39, 0.29) is 0 Å². The first-order valence-electron chi connectivity index (χ1n) is 7.48. The van der Waals surface area contributed by atoms with E-state index in [4.69, 9.17) is 0 Å². The van der Waals surface area contributed by atoms with Crippen molar-refractivity contribution < 1.29 is 5.11 Å². The van der Waals surface area contributed by atoms with Gasteiger partial charge < -0.3 is 5.11 Å². The van der Waals surface area contributed by atoms with Crippen LogP contribution >= 0.6 is 0 Å². The van der Waals surface area contributed by atoms with Crippen molar-refractivity contribution in [2.75, 3.05) is 19.6 Å². The molecule has 2 aliphatic heterocycles. The number of phenolic OH excluding ortho intramolecular Hbond substituents is 1. The van der Waals surface area contributed by atoms with Gasteiger partial charge in [-0.3, -0.25) is 9.80 Å². The van der Waals surface area contributed by atoms with Gasteiger partial charge in [-0.2, -0.15) is 0 Å². The van der Waals surface area contributed by atoms with Crippen LogP contribution < -0.4 is 0 Å². The second-order valence-corrected chi connectivity index (χ2v) is 6.09. The number of hydrogen-bond donors (Lipinski definition) is 1. The molecule has 2 atom stereocenters. The number of piperazine rings is 1. The van der Waals surface area contributed by atoms with Crippen LogP contribution in [-0.2, 0) is 6.54 Å². The predicted octanol–water partition coefficient (Wildman–Crippen LogP) is 2.45. The molecule has 0 bridgehead atoms. The highest BCUT2D eigenvalue weighted by atomic mass is 16.3. The molecule has 0 aliphatic carbocycles. The van der Waals surface area contributed by atoms with Crippen molar-refractivity contribution in [3.63, 3.8) is 0 Å². The van der Waals surface area contributed by atoms with E-state index < -0.39 is 0 Å². The monoisotopic (exact) mass is 260 g/mol. The Morgan fingerprint density at radius 2 is 2.16 bits per heavy atom. The van der Waals surface area contributed by atoms with Gasteiger partial charge >= 0.3 is 0 Å². The summed E-state index contributed by atoms with van der Waals surface area (Å²) in [5.41, 5.74) is 1.22. The van der Waals surface area contributed by atoms with E-state index in [1.807, 2.05) is 12.1 Å². The Morgan fingerprint density at radius 3 is 3.00 bits per heavy atom. The third-order valence-corrected chi connectivity index (χ3v) is 4.61. The van der Waals surface area contributed by atoms with Crippen LogP contribution in [0.5, 0.6) is 5.75 Å². The molecule has 1 aromatic carbocycles. The zero-order valence-electron chi connectivity index (χ0n) is 11.8. The van der Waals surface area contributed by atoms with E-state index in [1.54, 1.807) is 6.07 Å². The number of piperidine rings is 1. The normalized spacial score (nSPS) is 29.1. The van der Waals surface area contributed by atoms with Crippen LogP contribution in [0.1, 0.15) is 31.7 Å². The number of nitrogens with zero attached hydrogens (tertiary/aromatic N) is 2. The molecule has 2 aliphatic rings. The van der Waals surface area contributed by atoms with Gasteiger partial charge in [-0.05, 0) is 44.0 Å². The van der Waals surface area contributed by atoms with Crippen molar-refractivity contribution in [2.24, 2.45) is 0 Å². The molecule has 2 fully saturated rings. The molecule has 2 saturated heterocycles. The minimum atomic E-state index is 0.376. The van der Waals surface area contributed by atoms with Gasteiger partial charge in [0.15, 0.2) is 0 Å². The molecule has 3 rings (SSSR count). The average molecular weight is 260 g/mol. The summed E-state index contributed by atoms with van der Waals surface area (Å²) in [6, 6.07) is 9.04. The molecule has 19 heavy (non-hydrogen) atoms. The maximum atomic E-state index is 9.57. The van der Waals surface area contributed by atoms with Crippen molar-refractivity contribution in [3.8, 4) is 5.75 Å². The highest BCUT2D eigenvalue weighted by Crippen LogP contribution is 2.25. The molecular formula is C16H24N2O. The van der Waals surface area contributed by atoms with Gasteiger partial charge in [0, 0.05) is 31.7 Å². The first-order chi connectivity index (χ1) is 9.22. The summed E-state index contributed by atoms with van der Waals surface area (Å²) in [5.74, 6) is 0.376. The molecule has 0 spiro atoms. The summed E-state index contributed by atoms with van der Waals surface area (Å²) in [4.78, 5) is 5.24. The van der Waals surface area contributed by atoms with Crippen molar-refractivity contribution in [2.45, 2.75) is 44.8 Å². The number of rotatable bonds is 2. The van der Waals surface area contributed by atoms with Crippen molar-refractivity contribution in [1.82, 2.24) is 9.80 Å². The van der Waals surface area contributed by atoms with Crippen LogP contribution in [0.15, 0.2) is 24.3 Å². The Kier molecular flexibility index (Phi) is 3.76. The Labute approximate surface area is 115 Å². The molecule has 2 unspecified atom stereocenters. The fourth-order valence-corrected chi connectivity index (χ4v) is 3.52. The van der Waals surface area contributed by atoms with Gasteiger partial charge in [0.25, 0.3) is 0 Å². The largest absolute Gasteiger partial charge is 0.508 e. The molecule has 2 heterocycles. The summed E-state index contributed by atoms with van der Waals surface area (Å²) in [7, 11) is 0. The van der Waals surface area contributed by atoms with Crippen LogP contribution in [0.2, 0.25) is 0 Å². The van der Waals surface area contributed by atoms with Crippen molar-refractivity contribution in [3.05, 3.63) is 29.8 Å². The maximum Gasteiger partial charge on any atom is 0.115 e. The van der Waals surface area contributed by atoms with Gasteiger partial charge in [-0.1, -0.05) is 18.6 Å². The van der Waals surface area contributed by atoms with E-state index >= 15 is 0 Å². The fraction of sp³-hybridized carbons (Fsp3) is 0.625. The maximum absolute atomic E-state index is 9.57. The molecule has 0 amide bonds. The summed E-state index contributed by atoms with van der Waals surface area (Å²) in [5, 5.41) is 9.57. The van der Waals surface area contributed by atoms with Crippen LogP contribution in [0, 0.1) is 0 Å². The zero-order chi connectivity index (χ0) is 13.2. The average Bonchev–Trinajstić information content (AvgIpc) is 2.40. The van der Waals surface area contributed by atoms with E-state index in [9.17, 15) is 5.11 Å². The summed E-state index contributed by atoms with van der Waals surface area (Å²) in [6.45, 7) is 6.95. The van der Waals surface area contributed by atoms with Crippen molar-refractivity contribution >= 4 is 0 Å². The number of benzene rings is 1. The molecule has 1 aromatic rings. The molecule has 3 heteroatoms. The van der Waals surface area contributed by atoms with Gasteiger partial charge in [0.1, 0.15) is 5.75 Å². The van der Waals surface area contributed by atoms with Crippen molar-refractivity contribution in [1.29, 1.82) is 0 Å². The minimum absolute atomic E-state index is 0.376. The topological polar surface area (TPSA) is 26.7 Å². The minimum Gasteiger partial charge on any atom is -0.508 e. The predicted molar refractivity (Wildman–Crippen MR) is 77.2 cm³/mol. The number of fused-ring (bicyclic) bond motifs is 1. The van der Waals surface area contributed by atoms with Gasteiger partial charge in [-0.25, -0.2) is 0 Å². The van der Waals surface area contributed by atoms with E-state index in [0.717, 1.165) is 12.6 Å². The summed E-state index contributed by atoms with van der Waals surface area (Å²) in [6.07, 6.45) is 4.11. The molecule has 104 valence electrons. The second kappa shape index (κ2) is 5.51. The van der Waals surface area contributed by atoms with Gasteiger partial charge in [0.05, 0.1) is 0 Å². The molecule has 3 nitrogen and oxygen atoms in total. The first-order valence-corrected chi connectivity index (χ1v) is 7.48. The highest BCUT2D eigenvalue weighted by molar-refractivity contribution is 5.27. The fourth-order valence-electron chi connectivity index (χ4n) is 3.52. The molecular weight excluding hydrogens is 236 g/mol. The number of phenols is 1.